The van der Waals surface area contributed by atoms with E-state index in [2.05, 4.69) is 10.1 Å². The van der Waals surface area contributed by atoms with Gasteiger partial charge in [-0.2, -0.15) is 0 Å². The molecule has 0 unspecified atom stereocenters. The molecule has 0 spiro atoms. The number of carbonyl (C=O) groups is 2. The normalized spacial score (nSPS) is 22.0. The highest BCUT2D eigenvalue weighted by Gasteiger charge is 2.37. The Morgan fingerprint density at radius 3 is 2.81 bits per heavy atom. The summed E-state index contributed by atoms with van der Waals surface area (Å²) in [5.74, 6) is 0.312. The number of anilines is 1. The average molecular weight is 308 g/mol. The number of rotatable bonds is 3. The number of urea groups is 1. The predicted octanol–water partition coefficient (Wildman–Crippen LogP) is 3.33. The van der Waals surface area contributed by atoms with Crippen LogP contribution in [0.1, 0.15) is 42.5 Å². The van der Waals surface area contributed by atoms with Crippen LogP contribution in [0.25, 0.3) is 0 Å². The number of ether oxygens (including phenoxy) is 1. The second kappa shape index (κ2) is 6.05. The van der Waals surface area contributed by atoms with Crippen molar-refractivity contribution in [3.05, 3.63) is 17.0 Å². The third-order valence-electron chi connectivity index (χ3n) is 4.50. The van der Waals surface area contributed by atoms with Gasteiger partial charge in [0, 0.05) is 18.0 Å². The lowest BCUT2D eigenvalue weighted by molar-refractivity contribution is 0.0601. The number of likely N-dealkylation sites (tertiary alicyclic amines) is 1. The molecular weight excluding hydrogens is 288 g/mol. The molecule has 1 atom stereocenters. The summed E-state index contributed by atoms with van der Waals surface area (Å²) in [4.78, 5) is 25.8. The summed E-state index contributed by atoms with van der Waals surface area (Å²) >= 11 is 1.35. The average Bonchev–Trinajstić information content (AvgIpc) is 3.05. The van der Waals surface area contributed by atoms with Crippen molar-refractivity contribution in [1.82, 2.24) is 4.90 Å². The van der Waals surface area contributed by atoms with Gasteiger partial charge in [-0.3, -0.25) is 5.32 Å². The molecule has 2 amide bonds. The fourth-order valence-corrected chi connectivity index (χ4v) is 3.92. The number of nitrogens with zero attached hydrogens (tertiary/aromatic N) is 1. The molecule has 21 heavy (non-hydrogen) atoms. The van der Waals surface area contributed by atoms with Gasteiger partial charge in [0.15, 0.2) is 0 Å². The monoisotopic (exact) mass is 308 g/mol. The topological polar surface area (TPSA) is 58.6 Å². The molecule has 1 saturated carbocycles. The van der Waals surface area contributed by atoms with E-state index in [1.807, 2.05) is 4.90 Å². The third-order valence-corrected chi connectivity index (χ3v) is 5.35. The van der Waals surface area contributed by atoms with E-state index >= 15 is 0 Å². The van der Waals surface area contributed by atoms with Crippen molar-refractivity contribution >= 4 is 28.3 Å². The smallest absolute Gasteiger partial charge is 0.338 e. The first-order valence-electron chi connectivity index (χ1n) is 7.43. The van der Waals surface area contributed by atoms with Crippen molar-refractivity contribution < 1.29 is 14.3 Å². The summed E-state index contributed by atoms with van der Waals surface area (Å²) in [5, 5.41) is 5.31. The van der Waals surface area contributed by atoms with Crippen LogP contribution in [0.4, 0.5) is 9.80 Å². The Balaban J connectivity index is 1.62. The summed E-state index contributed by atoms with van der Waals surface area (Å²) in [7, 11) is 1.35. The summed E-state index contributed by atoms with van der Waals surface area (Å²) in [6, 6.07) is 2.03. The van der Waals surface area contributed by atoms with E-state index in [1.54, 1.807) is 11.4 Å². The number of amides is 2. The minimum absolute atomic E-state index is 0.0392. The van der Waals surface area contributed by atoms with Gasteiger partial charge in [0.1, 0.15) is 0 Å². The zero-order chi connectivity index (χ0) is 14.8. The molecule has 3 rings (SSSR count). The molecule has 1 aliphatic carbocycles. The Bertz CT molecular complexity index is 539. The van der Waals surface area contributed by atoms with Crippen molar-refractivity contribution in [2.24, 2.45) is 5.92 Å². The highest BCUT2D eigenvalue weighted by molar-refractivity contribution is 7.14. The lowest BCUT2D eigenvalue weighted by atomic mass is 9.79. The quantitative estimate of drug-likeness (QED) is 0.871. The standard InChI is InChI=1S/C15H20N2O3S/c1-20-14(18)11-8-13(21-9-11)16-15(19)17-7-3-6-12(17)10-4-2-5-10/h8-10,12H,2-7H2,1H3,(H,16,19)/t12-/m1/s1. The molecule has 1 aromatic rings. The molecule has 2 aliphatic rings. The van der Waals surface area contributed by atoms with Gasteiger partial charge >= 0.3 is 12.0 Å². The second-order valence-electron chi connectivity index (χ2n) is 5.72. The molecule has 2 fully saturated rings. The van der Waals surface area contributed by atoms with E-state index in [4.69, 9.17) is 0 Å². The van der Waals surface area contributed by atoms with Crippen LogP contribution in [-0.4, -0.2) is 36.6 Å². The van der Waals surface area contributed by atoms with Gasteiger partial charge in [0.05, 0.1) is 17.7 Å². The zero-order valence-electron chi connectivity index (χ0n) is 12.1. The van der Waals surface area contributed by atoms with Crippen molar-refractivity contribution in [3.8, 4) is 0 Å². The minimum atomic E-state index is -0.375. The van der Waals surface area contributed by atoms with Crippen LogP contribution in [-0.2, 0) is 4.74 Å². The number of nitrogens with one attached hydrogen (secondary N) is 1. The highest BCUT2D eigenvalue weighted by Crippen LogP contribution is 2.37. The van der Waals surface area contributed by atoms with E-state index < -0.39 is 0 Å². The fourth-order valence-electron chi connectivity index (χ4n) is 3.16. The second-order valence-corrected chi connectivity index (χ2v) is 6.63. The number of carbonyl (C=O) groups excluding carboxylic acids is 2. The SMILES string of the molecule is COC(=O)c1csc(NC(=O)N2CCC[C@@H]2C2CCC2)c1. The van der Waals surface area contributed by atoms with Crippen LogP contribution >= 0.6 is 11.3 Å². The van der Waals surface area contributed by atoms with Gasteiger partial charge in [0.25, 0.3) is 0 Å². The molecule has 6 heteroatoms. The van der Waals surface area contributed by atoms with Crippen LogP contribution < -0.4 is 5.32 Å². The van der Waals surface area contributed by atoms with E-state index in [0.29, 0.717) is 22.5 Å². The molecule has 0 bridgehead atoms. The molecule has 5 nitrogen and oxygen atoms in total. The van der Waals surface area contributed by atoms with E-state index in [0.717, 1.165) is 19.4 Å². The van der Waals surface area contributed by atoms with E-state index in [9.17, 15) is 9.59 Å². The maximum absolute atomic E-state index is 12.4. The summed E-state index contributed by atoms with van der Waals surface area (Å²) in [5.41, 5.74) is 0.481. The van der Waals surface area contributed by atoms with Crippen molar-refractivity contribution in [2.45, 2.75) is 38.1 Å². The largest absolute Gasteiger partial charge is 0.465 e. The van der Waals surface area contributed by atoms with Gasteiger partial charge in [-0.1, -0.05) is 6.42 Å². The number of thiophene rings is 1. The Labute approximate surface area is 128 Å². The number of hydrogen-bond donors (Lipinski definition) is 1. The van der Waals surface area contributed by atoms with Crippen LogP contribution in [0.2, 0.25) is 0 Å². The Morgan fingerprint density at radius 2 is 2.14 bits per heavy atom. The zero-order valence-corrected chi connectivity index (χ0v) is 12.9. The predicted molar refractivity (Wildman–Crippen MR) is 81.7 cm³/mol. The lowest BCUT2D eigenvalue weighted by Crippen LogP contribution is -2.44. The highest BCUT2D eigenvalue weighted by atomic mass is 32.1. The maximum Gasteiger partial charge on any atom is 0.338 e. The van der Waals surface area contributed by atoms with Gasteiger partial charge in [-0.25, -0.2) is 9.59 Å². The van der Waals surface area contributed by atoms with Crippen LogP contribution in [0.3, 0.4) is 0 Å². The first kappa shape index (κ1) is 14.4. The molecule has 1 N–H and O–H groups in total. The summed E-state index contributed by atoms with van der Waals surface area (Å²) < 4.78 is 4.67. The summed E-state index contributed by atoms with van der Waals surface area (Å²) in [6.45, 7) is 0.836. The van der Waals surface area contributed by atoms with Crippen molar-refractivity contribution in [2.75, 3.05) is 19.0 Å². The molecule has 1 aromatic heterocycles. The van der Waals surface area contributed by atoms with Crippen LogP contribution in [0.5, 0.6) is 0 Å². The van der Waals surface area contributed by atoms with E-state index in [1.165, 1.54) is 37.7 Å². The van der Waals surface area contributed by atoms with Gasteiger partial charge in [-0.15, -0.1) is 11.3 Å². The fraction of sp³-hybridized carbons (Fsp3) is 0.600. The molecule has 2 heterocycles. The van der Waals surface area contributed by atoms with Gasteiger partial charge in [0.2, 0.25) is 0 Å². The van der Waals surface area contributed by atoms with Crippen LogP contribution in [0, 0.1) is 5.92 Å². The Kier molecular flexibility index (Phi) is 4.14. The molecule has 114 valence electrons. The molecule has 0 aromatic carbocycles. The first-order valence-corrected chi connectivity index (χ1v) is 8.31. The lowest BCUT2D eigenvalue weighted by Gasteiger charge is -2.36. The van der Waals surface area contributed by atoms with Crippen molar-refractivity contribution in [1.29, 1.82) is 0 Å². The molecular formula is C15H20N2O3S. The molecule has 0 radical (unpaired) electrons. The first-order chi connectivity index (χ1) is 10.2. The third kappa shape index (κ3) is 2.90. The maximum atomic E-state index is 12.4. The number of esters is 1. The summed E-state index contributed by atoms with van der Waals surface area (Å²) in [6.07, 6.45) is 6.01. The van der Waals surface area contributed by atoms with Gasteiger partial charge < -0.3 is 9.64 Å². The number of hydrogen-bond acceptors (Lipinski definition) is 4. The van der Waals surface area contributed by atoms with Gasteiger partial charge in [-0.05, 0) is 37.7 Å². The number of methoxy groups -OCH3 is 1. The Morgan fingerprint density at radius 1 is 1.33 bits per heavy atom. The van der Waals surface area contributed by atoms with Crippen LogP contribution in [0.15, 0.2) is 11.4 Å². The van der Waals surface area contributed by atoms with Crippen molar-refractivity contribution in [3.63, 3.8) is 0 Å². The molecule has 1 aliphatic heterocycles. The minimum Gasteiger partial charge on any atom is -0.465 e. The Hall–Kier alpha value is -1.56. The molecule has 1 saturated heterocycles. The van der Waals surface area contributed by atoms with E-state index in [-0.39, 0.29) is 12.0 Å².